The maximum atomic E-state index is 11.2. The summed E-state index contributed by atoms with van der Waals surface area (Å²) in [6, 6.07) is 0. The fourth-order valence-electron chi connectivity index (χ4n) is 1.01. The monoisotopic (exact) mass is 245 g/mol. The summed E-state index contributed by atoms with van der Waals surface area (Å²) in [7, 11) is 1.59. The van der Waals surface area contributed by atoms with Crippen molar-refractivity contribution in [3.63, 3.8) is 0 Å². The molecule has 3 N–H and O–H groups in total. The lowest BCUT2D eigenvalue weighted by atomic mass is 10.2. The molecule has 6 nitrogen and oxygen atoms in total. The van der Waals surface area contributed by atoms with Gasteiger partial charge in [-0.25, -0.2) is 4.79 Å². The van der Waals surface area contributed by atoms with Crippen LogP contribution < -0.4 is 16.0 Å². The normalized spacial score (nSPS) is 10.8. The van der Waals surface area contributed by atoms with E-state index in [0.29, 0.717) is 19.6 Å². The molecule has 0 heterocycles. The van der Waals surface area contributed by atoms with Gasteiger partial charge in [0.1, 0.15) is 5.60 Å². The minimum atomic E-state index is -0.471. The highest BCUT2D eigenvalue weighted by Crippen LogP contribution is 2.06. The van der Waals surface area contributed by atoms with Gasteiger partial charge in [-0.05, 0) is 33.7 Å². The first-order valence-corrected chi connectivity index (χ1v) is 5.73. The second kappa shape index (κ2) is 7.89. The van der Waals surface area contributed by atoms with E-state index in [-0.39, 0.29) is 5.91 Å². The molecule has 6 heteroatoms. The molecule has 0 radical (unpaired) electrons. The van der Waals surface area contributed by atoms with Crippen LogP contribution in [-0.2, 0) is 9.53 Å². The molecule has 0 aromatic heterocycles. The molecule has 100 valence electrons. The predicted molar refractivity (Wildman–Crippen MR) is 65.8 cm³/mol. The Morgan fingerprint density at radius 1 is 1.18 bits per heavy atom. The summed E-state index contributed by atoms with van der Waals surface area (Å²) >= 11 is 0. The first-order chi connectivity index (χ1) is 7.85. The quantitative estimate of drug-likeness (QED) is 0.586. The van der Waals surface area contributed by atoms with Crippen LogP contribution in [0.1, 0.15) is 27.2 Å². The van der Waals surface area contributed by atoms with Gasteiger partial charge >= 0.3 is 6.09 Å². The Morgan fingerprint density at radius 2 is 1.82 bits per heavy atom. The largest absolute Gasteiger partial charge is 0.444 e. The van der Waals surface area contributed by atoms with Crippen LogP contribution >= 0.6 is 0 Å². The number of carbonyl (C=O) groups is 2. The number of amides is 2. The van der Waals surface area contributed by atoms with E-state index in [4.69, 9.17) is 4.74 Å². The highest BCUT2D eigenvalue weighted by atomic mass is 16.6. The number of carbonyl (C=O) groups excluding carboxylic acids is 2. The fraction of sp³-hybridized carbons (Fsp3) is 0.818. The molecule has 0 rings (SSSR count). The van der Waals surface area contributed by atoms with Crippen molar-refractivity contribution in [1.82, 2.24) is 16.0 Å². The minimum Gasteiger partial charge on any atom is -0.444 e. The standard InChI is InChI=1S/C11H23N3O3/c1-11(2,3)17-10(16)14-7-5-6-13-8-9(15)12-4/h13H,5-8H2,1-4H3,(H,12,15)(H,14,16). The van der Waals surface area contributed by atoms with Gasteiger partial charge in [0, 0.05) is 13.6 Å². The average molecular weight is 245 g/mol. The lowest BCUT2D eigenvalue weighted by molar-refractivity contribution is -0.119. The Hall–Kier alpha value is -1.30. The number of hydrogen-bond acceptors (Lipinski definition) is 4. The first kappa shape index (κ1) is 15.7. The zero-order chi connectivity index (χ0) is 13.3. The summed E-state index contributed by atoms with van der Waals surface area (Å²) < 4.78 is 5.07. The Morgan fingerprint density at radius 3 is 2.35 bits per heavy atom. The van der Waals surface area contributed by atoms with E-state index in [9.17, 15) is 9.59 Å². The molecule has 0 saturated heterocycles. The number of hydrogen-bond donors (Lipinski definition) is 3. The summed E-state index contributed by atoms with van der Waals surface area (Å²) in [6.45, 7) is 6.94. The lowest BCUT2D eigenvalue weighted by Crippen LogP contribution is -2.35. The number of likely N-dealkylation sites (N-methyl/N-ethyl adjacent to an activating group) is 1. The van der Waals surface area contributed by atoms with E-state index < -0.39 is 11.7 Å². The molecule has 0 aliphatic carbocycles. The van der Waals surface area contributed by atoms with Crippen LogP contribution in [0.25, 0.3) is 0 Å². The maximum absolute atomic E-state index is 11.2. The number of rotatable bonds is 6. The Bertz CT molecular complexity index is 249. The maximum Gasteiger partial charge on any atom is 0.407 e. The van der Waals surface area contributed by atoms with Gasteiger partial charge in [-0.2, -0.15) is 0 Å². The van der Waals surface area contributed by atoms with Crippen LogP contribution in [0.4, 0.5) is 4.79 Å². The van der Waals surface area contributed by atoms with Crippen molar-refractivity contribution < 1.29 is 14.3 Å². The fourth-order valence-corrected chi connectivity index (χ4v) is 1.01. The summed E-state index contributed by atoms with van der Waals surface area (Å²) in [5, 5.41) is 8.10. The molecule has 0 bridgehead atoms. The van der Waals surface area contributed by atoms with E-state index in [1.54, 1.807) is 7.05 Å². The van der Waals surface area contributed by atoms with Gasteiger partial charge in [0.05, 0.1) is 6.54 Å². The average Bonchev–Trinajstić information content (AvgIpc) is 2.20. The summed E-state index contributed by atoms with van der Waals surface area (Å²) in [5.74, 6) is -0.0508. The number of ether oxygens (including phenoxy) is 1. The van der Waals surface area contributed by atoms with E-state index in [1.165, 1.54) is 0 Å². The van der Waals surface area contributed by atoms with Crippen LogP contribution in [0.3, 0.4) is 0 Å². The van der Waals surface area contributed by atoms with Crippen molar-refractivity contribution >= 4 is 12.0 Å². The highest BCUT2D eigenvalue weighted by Gasteiger charge is 2.15. The smallest absolute Gasteiger partial charge is 0.407 e. The zero-order valence-corrected chi connectivity index (χ0v) is 11.1. The molecule has 0 atom stereocenters. The van der Waals surface area contributed by atoms with E-state index >= 15 is 0 Å². The van der Waals surface area contributed by atoms with Crippen molar-refractivity contribution in [3.8, 4) is 0 Å². The summed E-state index contributed by atoms with van der Waals surface area (Å²) in [5.41, 5.74) is -0.471. The van der Waals surface area contributed by atoms with Gasteiger partial charge in [0.2, 0.25) is 5.91 Å². The predicted octanol–water partition coefficient (Wildman–Crippen LogP) is 0.237. The van der Waals surface area contributed by atoms with Crippen molar-refractivity contribution in [2.24, 2.45) is 0 Å². The molecule has 0 saturated carbocycles. The number of nitrogens with one attached hydrogen (secondary N) is 3. The van der Waals surface area contributed by atoms with E-state index in [2.05, 4.69) is 16.0 Å². The second-order valence-electron chi connectivity index (χ2n) is 4.63. The Balaban J connectivity index is 3.40. The summed E-state index contributed by atoms with van der Waals surface area (Å²) in [4.78, 5) is 22.1. The molecular formula is C11H23N3O3. The third-order valence-electron chi connectivity index (χ3n) is 1.76. The van der Waals surface area contributed by atoms with Crippen LogP contribution in [0.5, 0.6) is 0 Å². The SMILES string of the molecule is CNC(=O)CNCCCNC(=O)OC(C)(C)C. The topological polar surface area (TPSA) is 79.5 Å². The van der Waals surface area contributed by atoms with Gasteiger partial charge in [0.25, 0.3) is 0 Å². The molecular weight excluding hydrogens is 222 g/mol. The minimum absolute atomic E-state index is 0.0508. The van der Waals surface area contributed by atoms with Crippen molar-refractivity contribution in [3.05, 3.63) is 0 Å². The molecule has 17 heavy (non-hydrogen) atoms. The van der Waals surface area contributed by atoms with E-state index in [0.717, 1.165) is 6.42 Å². The van der Waals surface area contributed by atoms with Crippen LogP contribution in [0.15, 0.2) is 0 Å². The van der Waals surface area contributed by atoms with Gasteiger partial charge in [0.15, 0.2) is 0 Å². The molecule has 2 amide bonds. The molecule has 0 aromatic carbocycles. The van der Waals surface area contributed by atoms with E-state index in [1.807, 2.05) is 20.8 Å². The molecule has 0 spiro atoms. The third kappa shape index (κ3) is 11.0. The van der Waals surface area contributed by atoms with Gasteiger partial charge in [-0.15, -0.1) is 0 Å². The molecule has 0 fully saturated rings. The highest BCUT2D eigenvalue weighted by molar-refractivity contribution is 5.77. The molecule has 0 aliphatic rings. The molecule has 0 aromatic rings. The number of alkyl carbamates (subject to hydrolysis) is 1. The van der Waals surface area contributed by atoms with Gasteiger partial charge < -0.3 is 20.7 Å². The van der Waals surface area contributed by atoms with Crippen molar-refractivity contribution in [1.29, 1.82) is 0 Å². The van der Waals surface area contributed by atoms with Crippen molar-refractivity contribution in [2.75, 3.05) is 26.7 Å². The third-order valence-corrected chi connectivity index (χ3v) is 1.76. The lowest BCUT2D eigenvalue weighted by Gasteiger charge is -2.19. The van der Waals surface area contributed by atoms with Crippen molar-refractivity contribution in [2.45, 2.75) is 32.8 Å². The van der Waals surface area contributed by atoms with Crippen LogP contribution in [-0.4, -0.2) is 44.3 Å². The second-order valence-corrected chi connectivity index (χ2v) is 4.63. The van der Waals surface area contributed by atoms with Crippen LogP contribution in [0.2, 0.25) is 0 Å². The molecule has 0 unspecified atom stereocenters. The van der Waals surface area contributed by atoms with Crippen LogP contribution in [0, 0.1) is 0 Å². The Labute approximate surface area is 102 Å². The first-order valence-electron chi connectivity index (χ1n) is 5.73. The Kier molecular flexibility index (Phi) is 7.29. The van der Waals surface area contributed by atoms with Gasteiger partial charge in [-0.1, -0.05) is 0 Å². The van der Waals surface area contributed by atoms with Gasteiger partial charge in [-0.3, -0.25) is 4.79 Å². The molecule has 0 aliphatic heterocycles. The summed E-state index contributed by atoms with van der Waals surface area (Å²) in [6.07, 6.45) is 0.333. The zero-order valence-electron chi connectivity index (χ0n) is 11.1.